The third-order valence-corrected chi connectivity index (χ3v) is 4.01. The van der Waals surface area contributed by atoms with Crippen molar-refractivity contribution in [1.29, 1.82) is 0 Å². The first-order valence-electron chi connectivity index (χ1n) is 6.64. The van der Waals surface area contributed by atoms with Crippen molar-refractivity contribution in [1.82, 2.24) is 10.2 Å². The van der Waals surface area contributed by atoms with E-state index in [1.54, 1.807) is 6.26 Å². The quantitative estimate of drug-likeness (QED) is 0.869. The van der Waals surface area contributed by atoms with Gasteiger partial charge in [0.15, 0.2) is 0 Å². The van der Waals surface area contributed by atoms with E-state index in [1.807, 2.05) is 6.07 Å². The molecule has 96 valence electrons. The first-order valence-corrected chi connectivity index (χ1v) is 6.64. The van der Waals surface area contributed by atoms with Crippen LogP contribution in [0, 0.1) is 0 Å². The molecular formula is C14H24N2O. The Hall–Kier alpha value is -0.800. The van der Waals surface area contributed by atoms with Gasteiger partial charge in [0.1, 0.15) is 5.76 Å². The van der Waals surface area contributed by atoms with Gasteiger partial charge in [-0.05, 0) is 32.4 Å². The molecule has 1 saturated heterocycles. The van der Waals surface area contributed by atoms with Crippen molar-refractivity contribution in [3.05, 3.63) is 24.2 Å². The van der Waals surface area contributed by atoms with E-state index < -0.39 is 0 Å². The zero-order valence-corrected chi connectivity index (χ0v) is 11.2. The average Bonchev–Trinajstić information content (AvgIpc) is 2.84. The standard InChI is InChI=1S/C14H24N2O/c1-4-14(3)11-16(12(2)10-15-14)8-7-13-6-5-9-17-13/h5-6,9,12,15H,4,7-8,10-11H2,1-3H3. The Kier molecular flexibility index (Phi) is 3.89. The van der Waals surface area contributed by atoms with E-state index in [9.17, 15) is 0 Å². The molecule has 17 heavy (non-hydrogen) atoms. The number of hydrogen-bond donors (Lipinski definition) is 1. The average molecular weight is 236 g/mol. The van der Waals surface area contributed by atoms with Gasteiger partial charge in [-0.3, -0.25) is 4.90 Å². The lowest BCUT2D eigenvalue weighted by Gasteiger charge is -2.45. The van der Waals surface area contributed by atoms with E-state index in [0.717, 1.165) is 31.8 Å². The summed E-state index contributed by atoms with van der Waals surface area (Å²) in [6.07, 6.45) is 3.95. The summed E-state index contributed by atoms with van der Waals surface area (Å²) in [4.78, 5) is 2.57. The second-order valence-electron chi connectivity index (χ2n) is 5.44. The molecule has 3 nitrogen and oxygen atoms in total. The third-order valence-electron chi connectivity index (χ3n) is 4.01. The second kappa shape index (κ2) is 5.23. The SMILES string of the molecule is CCC1(C)CN(CCc2ccco2)C(C)CN1. The molecule has 1 aliphatic heterocycles. The van der Waals surface area contributed by atoms with Gasteiger partial charge < -0.3 is 9.73 Å². The largest absolute Gasteiger partial charge is 0.469 e. The van der Waals surface area contributed by atoms with Crippen molar-refractivity contribution in [3.8, 4) is 0 Å². The predicted molar refractivity (Wildman–Crippen MR) is 70.1 cm³/mol. The molecule has 0 saturated carbocycles. The summed E-state index contributed by atoms with van der Waals surface area (Å²) in [5, 5.41) is 3.65. The smallest absolute Gasteiger partial charge is 0.105 e. The minimum absolute atomic E-state index is 0.273. The first kappa shape index (κ1) is 12.7. The van der Waals surface area contributed by atoms with E-state index in [4.69, 9.17) is 4.42 Å². The van der Waals surface area contributed by atoms with E-state index in [1.165, 1.54) is 6.42 Å². The molecule has 0 aromatic carbocycles. The van der Waals surface area contributed by atoms with Crippen LogP contribution in [0.2, 0.25) is 0 Å². The molecule has 2 rings (SSSR count). The van der Waals surface area contributed by atoms with Crippen LogP contribution in [0.15, 0.2) is 22.8 Å². The minimum Gasteiger partial charge on any atom is -0.469 e. The molecule has 1 fully saturated rings. The number of hydrogen-bond acceptors (Lipinski definition) is 3. The molecule has 0 amide bonds. The Morgan fingerprint density at radius 1 is 1.59 bits per heavy atom. The van der Waals surface area contributed by atoms with E-state index in [-0.39, 0.29) is 5.54 Å². The summed E-state index contributed by atoms with van der Waals surface area (Å²) >= 11 is 0. The molecule has 1 aromatic heterocycles. The molecular weight excluding hydrogens is 212 g/mol. The minimum atomic E-state index is 0.273. The summed E-state index contributed by atoms with van der Waals surface area (Å²) in [5.41, 5.74) is 0.273. The highest BCUT2D eigenvalue weighted by Crippen LogP contribution is 2.19. The van der Waals surface area contributed by atoms with Gasteiger partial charge in [-0.15, -0.1) is 0 Å². The van der Waals surface area contributed by atoms with Gasteiger partial charge in [0, 0.05) is 37.6 Å². The fourth-order valence-corrected chi connectivity index (χ4v) is 2.43. The number of nitrogens with zero attached hydrogens (tertiary/aromatic N) is 1. The maximum absolute atomic E-state index is 5.40. The van der Waals surface area contributed by atoms with Crippen LogP contribution in [-0.4, -0.2) is 36.1 Å². The van der Waals surface area contributed by atoms with Crippen LogP contribution in [0.25, 0.3) is 0 Å². The van der Waals surface area contributed by atoms with Crippen LogP contribution < -0.4 is 5.32 Å². The van der Waals surface area contributed by atoms with Gasteiger partial charge in [0.2, 0.25) is 0 Å². The predicted octanol–water partition coefficient (Wildman–Crippen LogP) is 2.28. The maximum Gasteiger partial charge on any atom is 0.105 e. The molecule has 1 aromatic rings. The third kappa shape index (κ3) is 3.11. The lowest BCUT2D eigenvalue weighted by molar-refractivity contribution is 0.0930. The van der Waals surface area contributed by atoms with Gasteiger partial charge in [-0.25, -0.2) is 0 Å². The maximum atomic E-state index is 5.40. The van der Waals surface area contributed by atoms with E-state index >= 15 is 0 Å². The van der Waals surface area contributed by atoms with Gasteiger partial charge in [0.05, 0.1) is 6.26 Å². The Balaban J connectivity index is 1.89. The molecule has 1 aliphatic rings. The monoisotopic (exact) mass is 236 g/mol. The zero-order valence-electron chi connectivity index (χ0n) is 11.2. The second-order valence-corrected chi connectivity index (χ2v) is 5.44. The van der Waals surface area contributed by atoms with Crippen molar-refractivity contribution in [3.63, 3.8) is 0 Å². The topological polar surface area (TPSA) is 28.4 Å². The zero-order chi connectivity index (χ0) is 12.3. The van der Waals surface area contributed by atoms with Crippen molar-refractivity contribution in [2.45, 2.75) is 45.2 Å². The Bertz CT molecular complexity index is 336. The van der Waals surface area contributed by atoms with Crippen LogP contribution in [-0.2, 0) is 6.42 Å². The first-order chi connectivity index (χ1) is 8.13. The van der Waals surface area contributed by atoms with E-state index in [2.05, 4.69) is 37.1 Å². The highest BCUT2D eigenvalue weighted by Gasteiger charge is 2.32. The molecule has 0 aliphatic carbocycles. The number of piperazine rings is 1. The van der Waals surface area contributed by atoms with Gasteiger partial charge in [0.25, 0.3) is 0 Å². The Morgan fingerprint density at radius 3 is 3.06 bits per heavy atom. The van der Waals surface area contributed by atoms with E-state index in [0.29, 0.717) is 6.04 Å². The lowest BCUT2D eigenvalue weighted by Crippen LogP contribution is -2.62. The molecule has 2 atom stereocenters. The number of rotatable bonds is 4. The normalized spacial score (nSPS) is 30.6. The highest BCUT2D eigenvalue weighted by atomic mass is 16.3. The molecule has 3 heteroatoms. The van der Waals surface area contributed by atoms with Crippen LogP contribution >= 0.6 is 0 Å². The number of nitrogens with one attached hydrogen (secondary N) is 1. The van der Waals surface area contributed by atoms with Crippen molar-refractivity contribution in [2.75, 3.05) is 19.6 Å². The van der Waals surface area contributed by atoms with Crippen molar-refractivity contribution >= 4 is 0 Å². The van der Waals surface area contributed by atoms with Crippen molar-refractivity contribution < 1.29 is 4.42 Å². The molecule has 2 heterocycles. The van der Waals surface area contributed by atoms with Crippen LogP contribution in [0.1, 0.15) is 33.0 Å². The fraction of sp³-hybridized carbons (Fsp3) is 0.714. The van der Waals surface area contributed by atoms with Crippen molar-refractivity contribution in [2.24, 2.45) is 0 Å². The van der Waals surface area contributed by atoms with Crippen LogP contribution in [0.5, 0.6) is 0 Å². The molecule has 0 spiro atoms. The van der Waals surface area contributed by atoms with Crippen LogP contribution in [0.3, 0.4) is 0 Å². The Labute approximate surface area is 104 Å². The Morgan fingerprint density at radius 2 is 2.41 bits per heavy atom. The summed E-state index contributed by atoms with van der Waals surface area (Å²) in [5.74, 6) is 1.09. The molecule has 2 unspecified atom stereocenters. The van der Waals surface area contributed by atoms with Gasteiger partial charge in [-0.2, -0.15) is 0 Å². The fourth-order valence-electron chi connectivity index (χ4n) is 2.43. The molecule has 0 radical (unpaired) electrons. The highest BCUT2D eigenvalue weighted by molar-refractivity contribution is 5.00. The summed E-state index contributed by atoms with van der Waals surface area (Å²) in [6.45, 7) is 10.2. The lowest BCUT2D eigenvalue weighted by atomic mass is 9.93. The van der Waals surface area contributed by atoms with Gasteiger partial charge >= 0.3 is 0 Å². The summed E-state index contributed by atoms with van der Waals surface area (Å²) in [7, 11) is 0. The molecule has 0 bridgehead atoms. The number of furan rings is 1. The summed E-state index contributed by atoms with van der Waals surface area (Å²) in [6, 6.07) is 4.64. The van der Waals surface area contributed by atoms with Gasteiger partial charge in [-0.1, -0.05) is 6.92 Å². The molecule has 1 N–H and O–H groups in total. The summed E-state index contributed by atoms with van der Waals surface area (Å²) < 4.78 is 5.40. The van der Waals surface area contributed by atoms with Crippen LogP contribution in [0.4, 0.5) is 0 Å².